The van der Waals surface area contributed by atoms with Crippen molar-refractivity contribution in [3.8, 4) is 11.5 Å². The lowest BCUT2D eigenvalue weighted by molar-refractivity contribution is 0.215. The molecule has 3 rings (SSSR count). The van der Waals surface area contributed by atoms with Gasteiger partial charge in [-0.15, -0.1) is 0 Å². The Hall–Kier alpha value is -3.32. The Kier molecular flexibility index (Phi) is 5.42. The first-order valence-corrected chi connectivity index (χ1v) is 9.48. The van der Waals surface area contributed by atoms with Crippen molar-refractivity contribution in [1.29, 1.82) is 0 Å². The van der Waals surface area contributed by atoms with E-state index in [9.17, 15) is 13.2 Å². The lowest BCUT2D eigenvalue weighted by atomic mass is 10.2. The first-order chi connectivity index (χ1) is 12.9. The van der Waals surface area contributed by atoms with E-state index in [1.165, 1.54) is 24.3 Å². The molecule has 7 heteroatoms. The molecular formula is C20H17NO5S. The zero-order valence-electron chi connectivity index (χ0n) is 14.5. The summed E-state index contributed by atoms with van der Waals surface area (Å²) < 4.78 is 35.0. The summed E-state index contributed by atoms with van der Waals surface area (Å²) in [6.45, 7) is 1.86. The molecule has 0 aromatic heterocycles. The number of hydrogen-bond donors (Lipinski definition) is 1. The molecule has 3 aromatic rings. The second-order valence-corrected chi connectivity index (χ2v) is 7.25. The summed E-state index contributed by atoms with van der Waals surface area (Å²) in [5, 5.41) is 2.53. The van der Waals surface area contributed by atoms with Gasteiger partial charge in [-0.05, 0) is 43.3 Å². The molecule has 0 atom stereocenters. The molecule has 1 amide bonds. The van der Waals surface area contributed by atoms with E-state index in [-0.39, 0.29) is 10.6 Å². The van der Waals surface area contributed by atoms with Gasteiger partial charge in [0.15, 0.2) is 0 Å². The van der Waals surface area contributed by atoms with E-state index < -0.39 is 16.2 Å². The number of anilines is 1. The Bertz CT molecular complexity index is 1030. The van der Waals surface area contributed by atoms with Crippen molar-refractivity contribution >= 4 is 21.9 Å². The highest BCUT2D eigenvalue weighted by Gasteiger charge is 2.17. The van der Waals surface area contributed by atoms with Crippen LogP contribution in [0.25, 0.3) is 0 Å². The minimum absolute atomic E-state index is 0.0509. The van der Waals surface area contributed by atoms with Crippen LogP contribution >= 0.6 is 0 Å². The van der Waals surface area contributed by atoms with Crippen molar-refractivity contribution in [2.75, 3.05) is 5.32 Å². The van der Waals surface area contributed by atoms with E-state index in [1.54, 1.807) is 54.6 Å². The van der Waals surface area contributed by atoms with Gasteiger partial charge in [0.25, 0.3) is 0 Å². The summed E-state index contributed by atoms with van der Waals surface area (Å²) in [7, 11) is -3.97. The number of nitrogens with one attached hydrogen (secondary N) is 1. The van der Waals surface area contributed by atoms with E-state index in [1.807, 2.05) is 6.92 Å². The minimum Gasteiger partial charge on any atom is -0.410 e. The molecule has 0 fully saturated rings. The standard InChI is InChI=1S/C20H17NO5S/c1-15-10-12-19(13-11-15)27(23,24)26-18-9-5-6-16(14-18)21-20(22)25-17-7-3-2-4-8-17/h2-14H,1H3,(H,21,22). The van der Waals surface area contributed by atoms with Gasteiger partial charge in [-0.1, -0.05) is 42.0 Å². The zero-order valence-corrected chi connectivity index (χ0v) is 15.3. The number of para-hydroxylation sites is 1. The molecule has 0 radical (unpaired) electrons. The Morgan fingerprint density at radius 2 is 1.52 bits per heavy atom. The number of aryl methyl sites for hydroxylation is 1. The van der Waals surface area contributed by atoms with Crippen molar-refractivity contribution in [3.63, 3.8) is 0 Å². The van der Waals surface area contributed by atoms with E-state index in [0.717, 1.165) is 5.56 Å². The number of amides is 1. The maximum absolute atomic E-state index is 12.4. The molecule has 0 unspecified atom stereocenters. The largest absolute Gasteiger partial charge is 0.417 e. The predicted octanol–water partition coefficient (Wildman–Crippen LogP) is 4.37. The van der Waals surface area contributed by atoms with Crippen molar-refractivity contribution in [1.82, 2.24) is 0 Å². The summed E-state index contributed by atoms with van der Waals surface area (Å²) in [4.78, 5) is 12.0. The third-order valence-corrected chi connectivity index (χ3v) is 4.81. The first-order valence-electron chi connectivity index (χ1n) is 8.07. The van der Waals surface area contributed by atoms with Crippen molar-refractivity contribution in [2.45, 2.75) is 11.8 Å². The van der Waals surface area contributed by atoms with Crippen LogP contribution in [0.5, 0.6) is 11.5 Å². The number of hydrogen-bond acceptors (Lipinski definition) is 5. The average Bonchev–Trinajstić information content (AvgIpc) is 2.62. The Balaban J connectivity index is 1.70. The monoisotopic (exact) mass is 383 g/mol. The molecule has 0 aliphatic carbocycles. The highest BCUT2D eigenvalue weighted by Crippen LogP contribution is 2.22. The van der Waals surface area contributed by atoms with Gasteiger partial charge in [0, 0.05) is 11.8 Å². The molecule has 0 heterocycles. The van der Waals surface area contributed by atoms with E-state index in [4.69, 9.17) is 8.92 Å². The molecule has 6 nitrogen and oxygen atoms in total. The third-order valence-electron chi connectivity index (χ3n) is 3.55. The van der Waals surface area contributed by atoms with Crippen LogP contribution in [-0.4, -0.2) is 14.5 Å². The fourth-order valence-electron chi connectivity index (χ4n) is 2.24. The maximum atomic E-state index is 12.4. The predicted molar refractivity (Wildman–Crippen MR) is 102 cm³/mol. The van der Waals surface area contributed by atoms with Gasteiger partial charge < -0.3 is 8.92 Å². The van der Waals surface area contributed by atoms with Crippen LogP contribution < -0.4 is 14.2 Å². The summed E-state index contributed by atoms with van der Waals surface area (Å²) in [5.74, 6) is 0.470. The van der Waals surface area contributed by atoms with Gasteiger partial charge >= 0.3 is 16.2 Å². The quantitative estimate of drug-likeness (QED) is 0.662. The molecule has 0 saturated carbocycles. The first kappa shape index (κ1) is 18.5. The number of ether oxygens (including phenoxy) is 1. The van der Waals surface area contributed by atoms with E-state index in [0.29, 0.717) is 11.4 Å². The van der Waals surface area contributed by atoms with Crippen LogP contribution in [-0.2, 0) is 10.1 Å². The molecule has 138 valence electrons. The van der Waals surface area contributed by atoms with Crippen LogP contribution in [0.4, 0.5) is 10.5 Å². The molecule has 0 aliphatic rings. The molecule has 0 bridgehead atoms. The molecule has 27 heavy (non-hydrogen) atoms. The maximum Gasteiger partial charge on any atom is 0.417 e. The highest BCUT2D eigenvalue weighted by atomic mass is 32.2. The van der Waals surface area contributed by atoms with Gasteiger partial charge in [-0.25, -0.2) is 4.79 Å². The topological polar surface area (TPSA) is 81.7 Å². The number of rotatable bonds is 5. The molecule has 1 N–H and O–H groups in total. The van der Waals surface area contributed by atoms with Gasteiger partial charge in [0.05, 0.1) is 0 Å². The lowest BCUT2D eigenvalue weighted by Gasteiger charge is -2.10. The summed E-state index contributed by atoms with van der Waals surface area (Å²) in [6.07, 6.45) is -0.695. The fourth-order valence-corrected chi connectivity index (χ4v) is 3.17. The molecule has 0 saturated heterocycles. The molecule has 0 aliphatic heterocycles. The van der Waals surface area contributed by atoms with Crippen molar-refractivity contribution in [2.24, 2.45) is 0 Å². The van der Waals surface area contributed by atoms with Gasteiger partial charge in [-0.3, -0.25) is 5.32 Å². The van der Waals surface area contributed by atoms with Gasteiger partial charge in [0.2, 0.25) is 0 Å². The van der Waals surface area contributed by atoms with Gasteiger partial charge in [0.1, 0.15) is 16.4 Å². The molecule has 3 aromatic carbocycles. The van der Waals surface area contributed by atoms with Crippen LogP contribution in [0.15, 0.2) is 83.8 Å². The Morgan fingerprint density at radius 1 is 0.852 bits per heavy atom. The number of carbonyl (C=O) groups is 1. The summed E-state index contributed by atoms with van der Waals surface area (Å²) in [5.41, 5.74) is 1.28. The normalized spacial score (nSPS) is 10.9. The second kappa shape index (κ2) is 7.92. The number of benzene rings is 3. The van der Waals surface area contributed by atoms with Crippen LogP contribution in [0.1, 0.15) is 5.56 Å². The molecule has 0 spiro atoms. The van der Waals surface area contributed by atoms with Crippen LogP contribution in [0.2, 0.25) is 0 Å². The third kappa shape index (κ3) is 5.08. The Labute approximate surface area is 157 Å². The smallest absolute Gasteiger partial charge is 0.410 e. The van der Waals surface area contributed by atoms with Crippen molar-refractivity contribution in [3.05, 3.63) is 84.4 Å². The van der Waals surface area contributed by atoms with Crippen molar-refractivity contribution < 1.29 is 22.1 Å². The average molecular weight is 383 g/mol. The van der Waals surface area contributed by atoms with Crippen LogP contribution in [0, 0.1) is 6.92 Å². The van der Waals surface area contributed by atoms with Gasteiger partial charge in [-0.2, -0.15) is 8.42 Å². The lowest BCUT2D eigenvalue weighted by Crippen LogP contribution is -2.16. The minimum atomic E-state index is -3.97. The fraction of sp³-hybridized carbons (Fsp3) is 0.0500. The number of carbonyl (C=O) groups excluding carboxylic acids is 1. The molecular weight excluding hydrogens is 366 g/mol. The van der Waals surface area contributed by atoms with Crippen LogP contribution in [0.3, 0.4) is 0 Å². The SMILES string of the molecule is Cc1ccc(S(=O)(=O)Oc2cccc(NC(=O)Oc3ccccc3)c2)cc1. The van der Waals surface area contributed by atoms with E-state index in [2.05, 4.69) is 5.32 Å². The highest BCUT2D eigenvalue weighted by molar-refractivity contribution is 7.87. The Morgan fingerprint density at radius 3 is 2.22 bits per heavy atom. The van der Waals surface area contributed by atoms with E-state index >= 15 is 0 Å². The second-order valence-electron chi connectivity index (χ2n) is 5.71. The summed E-state index contributed by atoms with van der Waals surface area (Å²) in [6, 6.07) is 21.0. The summed E-state index contributed by atoms with van der Waals surface area (Å²) >= 11 is 0. The zero-order chi connectivity index (χ0) is 19.3.